The van der Waals surface area contributed by atoms with Crippen LogP contribution in [0.5, 0.6) is 0 Å². The minimum absolute atomic E-state index is 0.125. The zero-order valence-corrected chi connectivity index (χ0v) is 10.6. The fraction of sp³-hybridized carbons (Fsp3) is 1.00. The summed E-state index contributed by atoms with van der Waals surface area (Å²) in [5.74, 6) is 0.730. The van der Waals surface area contributed by atoms with Crippen molar-refractivity contribution in [2.24, 2.45) is 11.3 Å². The molecule has 0 saturated heterocycles. The molecular formula is C13H25NO. The van der Waals surface area contributed by atoms with E-state index in [-0.39, 0.29) is 5.41 Å². The summed E-state index contributed by atoms with van der Waals surface area (Å²) >= 11 is 0. The Labute approximate surface area is 93.7 Å². The van der Waals surface area contributed by atoms with Crippen molar-refractivity contribution in [3.05, 3.63) is 0 Å². The minimum Gasteiger partial charge on any atom is -0.388 e. The Bertz CT molecular complexity index is 247. The predicted octanol–water partition coefficient (Wildman–Crippen LogP) is 2.27. The van der Waals surface area contributed by atoms with E-state index in [1.165, 1.54) is 12.8 Å². The molecule has 0 spiro atoms. The van der Waals surface area contributed by atoms with Crippen LogP contribution in [0.1, 0.15) is 47.0 Å². The molecule has 2 heteroatoms. The molecule has 0 radical (unpaired) electrons. The molecule has 2 nitrogen and oxygen atoms in total. The van der Waals surface area contributed by atoms with Crippen LogP contribution < -0.4 is 0 Å². The molecule has 0 heterocycles. The molecule has 0 aromatic heterocycles. The van der Waals surface area contributed by atoms with Crippen molar-refractivity contribution >= 4 is 0 Å². The summed E-state index contributed by atoms with van der Waals surface area (Å²) in [6, 6.07) is 0.404. The molecule has 2 bridgehead atoms. The Morgan fingerprint density at radius 1 is 1.27 bits per heavy atom. The van der Waals surface area contributed by atoms with Gasteiger partial charge in [-0.25, -0.2) is 0 Å². The molecule has 88 valence electrons. The van der Waals surface area contributed by atoms with E-state index in [1.54, 1.807) is 0 Å². The van der Waals surface area contributed by atoms with Gasteiger partial charge < -0.3 is 5.11 Å². The fourth-order valence-corrected chi connectivity index (χ4v) is 4.02. The van der Waals surface area contributed by atoms with Gasteiger partial charge in [0.05, 0.1) is 5.60 Å². The Hall–Kier alpha value is -0.0800. The molecular weight excluding hydrogens is 186 g/mol. The van der Waals surface area contributed by atoms with E-state index >= 15 is 0 Å². The molecule has 0 aliphatic heterocycles. The standard InChI is InChI=1S/C13H25NO/c1-5-14(6-2)11-9-10-7-8-13(11,15)12(10,3)4/h10-11,15H,5-9H2,1-4H3/t10-,11-,13-/m0/s1. The first-order valence-electron chi connectivity index (χ1n) is 6.43. The number of hydrogen-bond donors (Lipinski definition) is 1. The van der Waals surface area contributed by atoms with Gasteiger partial charge in [-0.3, -0.25) is 4.90 Å². The molecule has 15 heavy (non-hydrogen) atoms. The molecule has 0 aromatic rings. The largest absolute Gasteiger partial charge is 0.388 e. The molecule has 1 N–H and O–H groups in total. The third kappa shape index (κ3) is 1.31. The lowest BCUT2D eigenvalue weighted by atomic mass is 9.77. The van der Waals surface area contributed by atoms with Crippen molar-refractivity contribution in [1.82, 2.24) is 4.90 Å². The zero-order valence-electron chi connectivity index (χ0n) is 10.6. The van der Waals surface area contributed by atoms with Crippen LogP contribution in [0.25, 0.3) is 0 Å². The van der Waals surface area contributed by atoms with Crippen LogP contribution in [0, 0.1) is 11.3 Å². The second-order valence-electron chi connectivity index (χ2n) is 5.85. The first kappa shape index (κ1) is 11.4. The van der Waals surface area contributed by atoms with Gasteiger partial charge in [0.1, 0.15) is 0 Å². The number of likely N-dealkylation sites (N-methyl/N-ethyl adjacent to an activating group) is 1. The number of hydrogen-bond acceptors (Lipinski definition) is 2. The monoisotopic (exact) mass is 211 g/mol. The van der Waals surface area contributed by atoms with Crippen molar-refractivity contribution < 1.29 is 5.11 Å². The van der Waals surface area contributed by atoms with Crippen LogP contribution in [0.15, 0.2) is 0 Å². The first-order chi connectivity index (χ1) is 6.97. The van der Waals surface area contributed by atoms with Gasteiger partial charge in [-0.15, -0.1) is 0 Å². The van der Waals surface area contributed by atoms with Gasteiger partial charge in [-0.1, -0.05) is 27.7 Å². The molecule has 2 aliphatic carbocycles. The molecule has 3 atom stereocenters. The van der Waals surface area contributed by atoms with Crippen molar-refractivity contribution in [3.8, 4) is 0 Å². The average Bonchev–Trinajstić information content (AvgIpc) is 2.52. The molecule has 2 fully saturated rings. The maximum atomic E-state index is 10.9. The maximum Gasteiger partial charge on any atom is 0.0855 e. The highest BCUT2D eigenvalue weighted by Gasteiger charge is 2.64. The number of aliphatic hydroxyl groups is 1. The highest BCUT2D eigenvalue weighted by molar-refractivity contribution is 5.16. The third-order valence-electron chi connectivity index (χ3n) is 5.32. The van der Waals surface area contributed by atoms with Crippen LogP contribution in [-0.4, -0.2) is 34.7 Å². The van der Waals surface area contributed by atoms with Crippen molar-refractivity contribution in [2.75, 3.05) is 13.1 Å². The Kier molecular flexibility index (Phi) is 2.63. The smallest absolute Gasteiger partial charge is 0.0855 e. The van der Waals surface area contributed by atoms with Crippen LogP contribution in [0.4, 0.5) is 0 Å². The van der Waals surface area contributed by atoms with E-state index < -0.39 is 5.60 Å². The predicted molar refractivity (Wildman–Crippen MR) is 62.8 cm³/mol. The highest BCUT2D eigenvalue weighted by atomic mass is 16.3. The number of rotatable bonds is 3. The van der Waals surface area contributed by atoms with Crippen molar-refractivity contribution in [3.63, 3.8) is 0 Å². The van der Waals surface area contributed by atoms with E-state index in [0.29, 0.717) is 6.04 Å². The SMILES string of the molecule is CCN(CC)[C@H]1C[C@@H]2CC[C@@]1(O)C2(C)C. The summed E-state index contributed by atoms with van der Waals surface area (Å²) in [7, 11) is 0. The van der Waals surface area contributed by atoms with Gasteiger partial charge >= 0.3 is 0 Å². The quantitative estimate of drug-likeness (QED) is 0.774. The van der Waals surface area contributed by atoms with Gasteiger partial charge in [0.25, 0.3) is 0 Å². The molecule has 0 aromatic carbocycles. The lowest BCUT2D eigenvalue weighted by Gasteiger charge is -2.42. The first-order valence-corrected chi connectivity index (χ1v) is 6.43. The van der Waals surface area contributed by atoms with Gasteiger partial charge in [0.15, 0.2) is 0 Å². The van der Waals surface area contributed by atoms with Gasteiger partial charge in [-0.05, 0) is 43.7 Å². The summed E-state index contributed by atoms with van der Waals surface area (Å²) in [5, 5.41) is 10.9. The minimum atomic E-state index is -0.427. The van der Waals surface area contributed by atoms with Gasteiger partial charge in [-0.2, -0.15) is 0 Å². The highest BCUT2D eigenvalue weighted by Crippen LogP contribution is 2.61. The van der Waals surface area contributed by atoms with E-state index in [9.17, 15) is 5.11 Å². The summed E-state index contributed by atoms with van der Waals surface area (Å²) in [6.07, 6.45) is 3.43. The van der Waals surface area contributed by atoms with Crippen LogP contribution >= 0.6 is 0 Å². The van der Waals surface area contributed by atoms with Crippen LogP contribution in [0.3, 0.4) is 0 Å². The summed E-state index contributed by atoms with van der Waals surface area (Å²) < 4.78 is 0. The number of fused-ring (bicyclic) bond motifs is 2. The van der Waals surface area contributed by atoms with Crippen LogP contribution in [-0.2, 0) is 0 Å². The third-order valence-corrected chi connectivity index (χ3v) is 5.32. The normalized spacial score (nSPS) is 42.8. The Morgan fingerprint density at radius 3 is 2.20 bits per heavy atom. The molecule has 2 rings (SSSR count). The molecule has 0 unspecified atom stereocenters. The molecule has 2 saturated carbocycles. The van der Waals surface area contributed by atoms with E-state index in [1.807, 2.05) is 0 Å². The van der Waals surface area contributed by atoms with Gasteiger partial charge in [0, 0.05) is 6.04 Å². The Balaban J connectivity index is 2.25. The van der Waals surface area contributed by atoms with Crippen molar-refractivity contribution in [2.45, 2.75) is 58.6 Å². The molecule has 0 amide bonds. The fourth-order valence-electron chi connectivity index (χ4n) is 4.02. The topological polar surface area (TPSA) is 23.5 Å². The summed E-state index contributed by atoms with van der Waals surface area (Å²) in [5.41, 5.74) is -0.302. The summed E-state index contributed by atoms with van der Waals surface area (Å²) in [4.78, 5) is 2.45. The van der Waals surface area contributed by atoms with E-state index in [4.69, 9.17) is 0 Å². The summed E-state index contributed by atoms with van der Waals surface area (Å²) in [6.45, 7) is 11.0. The van der Waals surface area contributed by atoms with Crippen LogP contribution in [0.2, 0.25) is 0 Å². The van der Waals surface area contributed by atoms with E-state index in [2.05, 4.69) is 32.6 Å². The second kappa shape index (κ2) is 3.46. The zero-order chi connectivity index (χ0) is 11.3. The van der Waals surface area contributed by atoms with E-state index in [0.717, 1.165) is 25.4 Å². The lowest BCUT2D eigenvalue weighted by Crippen LogP contribution is -2.54. The second-order valence-corrected chi connectivity index (χ2v) is 5.85. The number of nitrogens with zero attached hydrogens (tertiary/aromatic N) is 1. The molecule has 2 aliphatic rings. The van der Waals surface area contributed by atoms with Gasteiger partial charge in [0.2, 0.25) is 0 Å². The Morgan fingerprint density at radius 2 is 1.87 bits per heavy atom. The average molecular weight is 211 g/mol. The lowest BCUT2D eigenvalue weighted by molar-refractivity contribution is -0.0805. The maximum absolute atomic E-state index is 10.9. The van der Waals surface area contributed by atoms with Crippen molar-refractivity contribution in [1.29, 1.82) is 0 Å².